The number of nitrogens with zero attached hydrogens (tertiary/aromatic N) is 5. The van der Waals surface area contributed by atoms with Gasteiger partial charge in [-0.1, -0.05) is 6.92 Å². The molecule has 0 amide bonds. The van der Waals surface area contributed by atoms with Crippen LogP contribution in [0.15, 0.2) is 53.5 Å². The number of ether oxygens (including phenoxy) is 1. The van der Waals surface area contributed by atoms with Gasteiger partial charge in [0.25, 0.3) is 5.56 Å². The summed E-state index contributed by atoms with van der Waals surface area (Å²) in [6, 6.07) is 12.4. The van der Waals surface area contributed by atoms with Crippen LogP contribution < -0.4 is 20.1 Å². The summed E-state index contributed by atoms with van der Waals surface area (Å²) in [6.45, 7) is 4.39. The highest BCUT2D eigenvalue weighted by Gasteiger charge is 2.29. The van der Waals surface area contributed by atoms with Crippen molar-refractivity contribution in [3.63, 3.8) is 0 Å². The van der Waals surface area contributed by atoms with Gasteiger partial charge in [-0.2, -0.15) is 0 Å². The molecule has 8 heteroatoms. The Hall–Kier alpha value is -3.42. The Morgan fingerprint density at radius 3 is 2.65 bits per heavy atom. The Morgan fingerprint density at radius 1 is 1.19 bits per heavy atom. The number of anilines is 2. The lowest BCUT2D eigenvalue weighted by Crippen LogP contribution is -2.54. The molecule has 0 saturated carbocycles. The number of hydrogen-bond donors (Lipinski definition) is 0. The molecule has 0 N–H and O–H groups in total. The molecule has 0 aliphatic carbocycles. The summed E-state index contributed by atoms with van der Waals surface area (Å²) >= 11 is 0. The molecule has 7 nitrogen and oxygen atoms in total. The molecule has 1 saturated heterocycles. The first-order chi connectivity index (χ1) is 15.0. The van der Waals surface area contributed by atoms with E-state index in [9.17, 15) is 9.18 Å². The minimum Gasteiger partial charge on any atom is -0.497 e. The SMILES string of the molecule is CC[C@@H]1CN(c2ccc(OC)cc2)CCN1c1nc(-c2ncccc2F)cc(=O)n1C. The summed E-state index contributed by atoms with van der Waals surface area (Å²) in [5.74, 6) is 0.867. The van der Waals surface area contributed by atoms with Crippen molar-refractivity contribution in [2.45, 2.75) is 19.4 Å². The highest BCUT2D eigenvalue weighted by molar-refractivity contribution is 5.57. The number of hydrogen-bond acceptors (Lipinski definition) is 6. The van der Waals surface area contributed by atoms with Gasteiger partial charge in [0.2, 0.25) is 5.95 Å². The van der Waals surface area contributed by atoms with E-state index in [1.54, 1.807) is 14.2 Å². The predicted octanol–water partition coefficient (Wildman–Crippen LogP) is 3.10. The topological polar surface area (TPSA) is 63.5 Å². The van der Waals surface area contributed by atoms with Gasteiger partial charge in [-0.05, 0) is 42.8 Å². The normalized spacial score (nSPS) is 16.5. The van der Waals surface area contributed by atoms with Gasteiger partial charge in [0, 0.05) is 50.7 Å². The molecule has 162 valence electrons. The van der Waals surface area contributed by atoms with Gasteiger partial charge >= 0.3 is 0 Å². The monoisotopic (exact) mass is 423 g/mol. The van der Waals surface area contributed by atoms with Crippen molar-refractivity contribution < 1.29 is 9.13 Å². The Balaban J connectivity index is 1.65. The average molecular weight is 423 g/mol. The second-order valence-electron chi connectivity index (χ2n) is 7.57. The maximum Gasteiger partial charge on any atom is 0.255 e. The van der Waals surface area contributed by atoms with E-state index in [4.69, 9.17) is 4.74 Å². The van der Waals surface area contributed by atoms with Gasteiger partial charge in [0.05, 0.1) is 7.11 Å². The van der Waals surface area contributed by atoms with Crippen LogP contribution >= 0.6 is 0 Å². The van der Waals surface area contributed by atoms with Crippen LogP contribution in [0.3, 0.4) is 0 Å². The molecule has 0 spiro atoms. The van der Waals surface area contributed by atoms with Crippen LogP contribution in [-0.2, 0) is 7.05 Å². The molecule has 1 aromatic carbocycles. The summed E-state index contributed by atoms with van der Waals surface area (Å²) in [4.78, 5) is 25.9. The Morgan fingerprint density at radius 2 is 1.97 bits per heavy atom. The minimum atomic E-state index is -0.495. The third-order valence-corrected chi connectivity index (χ3v) is 5.76. The zero-order chi connectivity index (χ0) is 22.0. The van der Waals surface area contributed by atoms with Gasteiger partial charge in [0.15, 0.2) is 5.82 Å². The van der Waals surface area contributed by atoms with Gasteiger partial charge < -0.3 is 14.5 Å². The number of halogens is 1. The maximum absolute atomic E-state index is 14.3. The zero-order valence-corrected chi connectivity index (χ0v) is 18.0. The lowest BCUT2D eigenvalue weighted by molar-refractivity contribution is 0.414. The third-order valence-electron chi connectivity index (χ3n) is 5.76. The molecule has 0 radical (unpaired) electrons. The molecule has 31 heavy (non-hydrogen) atoms. The highest BCUT2D eigenvalue weighted by Crippen LogP contribution is 2.27. The number of piperazine rings is 1. The molecule has 3 heterocycles. The first-order valence-corrected chi connectivity index (χ1v) is 10.4. The van der Waals surface area contributed by atoms with Crippen molar-refractivity contribution in [2.75, 3.05) is 36.5 Å². The number of benzene rings is 1. The van der Waals surface area contributed by atoms with Crippen molar-refractivity contribution in [1.29, 1.82) is 0 Å². The summed E-state index contributed by atoms with van der Waals surface area (Å²) < 4.78 is 21.1. The van der Waals surface area contributed by atoms with Crippen LogP contribution in [0, 0.1) is 5.82 Å². The molecule has 1 atom stereocenters. The van der Waals surface area contributed by atoms with E-state index in [2.05, 4.69) is 38.8 Å². The van der Waals surface area contributed by atoms with Gasteiger partial charge in [-0.3, -0.25) is 14.3 Å². The Bertz CT molecular complexity index is 1120. The van der Waals surface area contributed by atoms with E-state index < -0.39 is 5.82 Å². The van der Waals surface area contributed by atoms with Crippen LogP contribution in [0.1, 0.15) is 13.3 Å². The van der Waals surface area contributed by atoms with E-state index >= 15 is 0 Å². The highest BCUT2D eigenvalue weighted by atomic mass is 19.1. The molecule has 2 aromatic heterocycles. The molecule has 1 aliphatic rings. The fourth-order valence-electron chi connectivity index (χ4n) is 3.98. The van der Waals surface area contributed by atoms with Gasteiger partial charge in [0.1, 0.15) is 17.1 Å². The Labute approximate surface area is 180 Å². The molecule has 3 aromatic rings. The lowest BCUT2D eigenvalue weighted by Gasteiger charge is -2.43. The third kappa shape index (κ3) is 4.10. The van der Waals surface area contributed by atoms with E-state index in [0.717, 1.165) is 30.9 Å². The summed E-state index contributed by atoms with van der Waals surface area (Å²) in [5, 5.41) is 0. The number of methoxy groups -OCH3 is 1. The number of aromatic nitrogens is 3. The standard InChI is InChI=1S/C23H26FN5O2/c1-4-16-15-28(17-7-9-18(31-3)10-8-17)12-13-29(16)23-26-20(14-21(30)27(23)2)22-19(24)6-5-11-25-22/h5-11,14,16H,4,12-13,15H2,1-3H3/t16-/m1/s1. The smallest absolute Gasteiger partial charge is 0.255 e. The van der Waals surface area contributed by atoms with Crippen LogP contribution in [0.5, 0.6) is 5.75 Å². The minimum absolute atomic E-state index is 0.0892. The molecular weight excluding hydrogens is 397 g/mol. The quantitative estimate of drug-likeness (QED) is 0.629. The number of rotatable bonds is 5. The van der Waals surface area contributed by atoms with Crippen LogP contribution in [0.4, 0.5) is 16.0 Å². The van der Waals surface area contributed by atoms with Crippen molar-refractivity contribution in [2.24, 2.45) is 7.05 Å². The molecule has 1 aliphatic heterocycles. The first-order valence-electron chi connectivity index (χ1n) is 10.4. The zero-order valence-electron chi connectivity index (χ0n) is 18.0. The van der Waals surface area contributed by atoms with E-state index in [1.165, 1.54) is 29.0 Å². The predicted molar refractivity (Wildman–Crippen MR) is 119 cm³/mol. The van der Waals surface area contributed by atoms with Crippen molar-refractivity contribution in [3.8, 4) is 17.1 Å². The first kappa shape index (κ1) is 20.8. The van der Waals surface area contributed by atoms with Crippen molar-refractivity contribution in [1.82, 2.24) is 14.5 Å². The molecule has 4 rings (SSSR count). The van der Waals surface area contributed by atoms with Gasteiger partial charge in [-0.15, -0.1) is 0 Å². The largest absolute Gasteiger partial charge is 0.497 e. The van der Waals surface area contributed by atoms with Crippen LogP contribution in [0.25, 0.3) is 11.4 Å². The Kier molecular flexibility index (Phi) is 5.88. The maximum atomic E-state index is 14.3. The second kappa shape index (κ2) is 8.75. The van der Waals surface area contributed by atoms with Crippen molar-refractivity contribution >= 4 is 11.6 Å². The van der Waals surface area contributed by atoms with Crippen molar-refractivity contribution in [3.05, 3.63) is 64.8 Å². The fraction of sp³-hybridized carbons (Fsp3) is 0.348. The second-order valence-corrected chi connectivity index (χ2v) is 7.57. The van der Waals surface area contributed by atoms with Crippen LogP contribution in [-0.4, -0.2) is 47.3 Å². The van der Waals surface area contributed by atoms with Gasteiger partial charge in [-0.25, -0.2) is 9.37 Å². The van der Waals surface area contributed by atoms with E-state index in [1.807, 2.05) is 12.1 Å². The molecule has 0 unspecified atom stereocenters. The van der Waals surface area contributed by atoms with E-state index in [0.29, 0.717) is 12.5 Å². The average Bonchev–Trinajstić information content (AvgIpc) is 2.81. The summed E-state index contributed by atoms with van der Waals surface area (Å²) in [7, 11) is 3.36. The lowest BCUT2D eigenvalue weighted by atomic mass is 10.1. The number of pyridine rings is 1. The summed E-state index contributed by atoms with van der Waals surface area (Å²) in [5.41, 5.74) is 1.23. The van der Waals surface area contributed by atoms with E-state index in [-0.39, 0.29) is 23.0 Å². The summed E-state index contributed by atoms with van der Waals surface area (Å²) in [6.07, 6.45) is 2.38. The molecule has 1 fully saturated rings. The fourth-order valence-corrected chi connectivity index (χ4v) is 3.98. The molecular formula is C23H26FN5O2. The molecule has 0 bridgehead atoms. The van der Waals surface area contributed by atoms with Crippen LogP contribution in [0.2, 0.25) is 0 Å².